The molecule has 2 N–H and O–H groups in total. The average Bonchev–Trinajstić information content (AvgIpc) is 2.47. The van der Waals surface area contributed by atoms with Crippen LogP contribution in [0.25, 0.3) is 10.9 Å². The van der Waals surface area contributed by atoms with Gasteiger partial charge in [-0.05, 0) is 40.7 Å². The Morgan fingerprint density at radius 3 is 2.86 bits per heavy atom. The molecule has 2 rings (SSSR count). The standard InChI is InChI=1S/C15H19BrFN3O/c1-2-20(7-8-21)6-5-18-15-4-3-11-9-12(16)13(17)10-14(11)19-15/h3-4,9-10,21H,2,5-8H2,1H3,(H,18,19). The molecule has 0 aliphatic rings. The number of hydrogen-bond acceptors (Lipinski definition) is 4. The summed E-state index contributed by atoms with van der Waals surface area (Å²) in [7, 11) is 0. The highest BCUT2D eigenvalue weighted by Gasteiger charge is 2.05. The Bertz CT molecular complexity index is 609. The first kappa shape index (κ1) is 16.1. The van der Waals surface area contributed by atoms with Crippen LogP contribution in [-0.2, 0) is 0 Å². The van der Waals surface area contributed by atoms with Gasteiger partial charge in [0, 0.05) is 31.1 Å². The number of nitrogens with zero attached hydrogens (tertiary/aromatic N) is 2. The number of benzene rings is 1. The summed E-state index contributed by atoms with van der Waals surface area (Å²) in [5.41, 5.74) is 0.628. The molecule has 0 spiro atoms. The summed E-state index contributed by atoms with van der Waals surface area (Å²) < 4.78 is 14.0. The fourth-order valence-corrected chi connectivity index (χ4v) is 2.49. The molecule has 0 unspecified atom stereocenters. The molecule has 0 aliphatic carbocycles. The van der Waals surface area contributed by atoms with E-state index < -0.39 is 0 Å². The van der Waals surface area contributed by atoms with Crippen LogP contribution in [0.15, 0.2) is 28.7 Å². The average molecular weight is 356 g/mol. The maximum atomic E-state index is 13.5. The number of aliphatic hydroxyl groups excluding tert-OH is 1. The van der Waals surface area contributed by atoms with Crippen LogP contribution in [0.5, 0.6) is 0 Å². The van der Waals surface area contributed by atoms with E-state index in [0.29, 0.717) is 16.5 Å². The lowest BCUT2D eigenvalue weighted by molar-refractivity contribution is 0.206. The van der Waals surface area contributed by atoms with Gasteiger partial charge in [-0.3, -0.25) is 4.90 Å². The highest BCUT2D eigenvalue weighted by atomic mass is 79.9. The number of aromatic nitrogens is 1. The predicted octanol–water partition coefficient (Wildman–Crippen LogP) is 2.86. The Morgan fingerprint density at radius 1 is 1.33 bits per heavy atom. The largest absolute Gasteiger partial charge is 0.395 e. The normalized spacial score (nSPS) is 11.3. The minimum Gasteiger partial charge on any atom is -0.395 e. The number of anilines is 1. The van der Waals surface area contributed by atoms with Crippen molar-refractivity contribution < 1.29 is 9.50 Å². The molecule has 114 valence electrons. The van der Waals surface area contributed by atoms with Crippen molar-refractivity contribution >= 4 is 32.7 Å². The summed E-state index contributed by atoms with van der Waals surface area (Å²) in [6.07, 6.45) is 0. The maximum absolute atomic E-state index is 13.5. The molecule has 1 aromatic carbocycles. The van der Waals surface area contributed by atoms with Crippen LogP contribution in [0.3, 0.4) is 0 Å². The molecular weight excluding hydrogens is 337 g/mol. The third-order valence-corrected chi connectivity index (χ3v) is 3.94. The van der Waals surface area contributed by atoms with Crippen LogP contribution >= 0.6 is 15.9 Å². The van der Waals surface area contributed by atoms with Crippen LogP contribution in [0.1, 0.15) is 6.92 Å². The zero-order valence-corrected chi connectivity index (χ0v) is 13.5. The minimum absolute atomic E-state index is 0.163. The lowest BCUT2D eigenvalue weighted by Crippen LogP contribution is -2.31. The number of halogens is 2. The lowest BCUT2D eigenvalue weighted by Gasteiger charge is -2.19. The number of aliphatic hydroxyl groups is 1. The van der Waals surface area contributed by atoms with Gasteiger partial charge in [0.25, 0.3) is 0 Å². The van der Waals surface area contributed by atoms with Crippen molar-refractivity contribution in [3.63, 3.8) is 0 Å². The van der Waals surface area contributed by atoms with Gasteiger partial charge in [0.05, 0.1) is 16.6 Å². The van der Waals surface area contributed by atoms with E-state index in [4.69, 9.17) is 5.11 Å². The second kappa shape index (κ2) is 7.68. The molecule has 0 bridgehead atoms. The van der Waals surface area contributed by atoms with Crippen molar-refractivity contribution in [1.82, 2.24) is 9.88 Å². The first-order valence-electron chi connectivity index (χ1n) is 6.97. The molecule has 1 aromatic heterocycles. The van der Waals surface area contributed by atoms with E-state index >= 15 is 0 Å². The first-order chi connectivity index (χ1) is 10.1. The zero-order valence-electron chi connectivity index (χ0n) is 11.9. The summed E-state index contributed by atoms with van der Waals surface area (Å²) in [5, 5.41) is 13.1. The Kier molecular flexibility index (Phi) is 5.90. The molecule has 0 saturated carbocycles. The second-order valence-corrected chi connectivity index (χ2v) is 5.59. The van der Waals surface area contributed by atoms with Gasteiger partial charge >= 0.3 is 0 Å². The highest BCUT2D eigenvalue weighted by molar-refractivity contribution is 9.10. The van der Waals surface area contributed by atoms with Crippen LogP contribution in [0, 0.1) is 5.82 Å². The summed E-state index contributed by atoms with van der Waals surface area (Å²) in [5.74, 6) is 0.413. The molecule has 0 radical (unpaired) electrons. The van der Waals surface area contributed by atoms with Crippen molar-refractivity contribution in [2.45, 2.75) is 6.92 Å². The smallest absolute Gasteiger partial charge is 0.139 e. The second-order valence-electron chi connectivity index (χ2n) is 4.74. The van der Waals surface area contributed by atoms with Gasteiger partial charge in [0.1, 0.15) is 11.6 Å². The number of fused-ring (bicyclic) bond motifs is 1. The molecule has 4 nitrogen and oxygen atoms in total. The van der Waals surface area contributed by atoms with Gasteiger partial charge in [-0.1, -0.05) is 6.92 Å². The van der Waals surface area contributed by atoms with E-state index in [2.05, 4.69) is 38.1 Å². The first-order valence-corrected chi connectivity index (χ1v) is 7.76. The fourth-order valence-electron chi connectivity index (χ4n) is 2.13. The third kappa shape index (κ3) is 4.36. The summed E-state index contributed by atoms with van der Waals surface area (Å²) >= 11 is 3.17. The molecule has 2 aromatic rings. The van der Waals surface area contributed by atoms with Crippen LogP contribution in [-0.4, -0.2) is 47.8 Å². The van der Waals surface area contributed by atoms with Crippen LogP contribution in [0.2, 0.25) is 0 Å². The number of pyridine rings is 1. The van der Waals surface area contributed by atoms with Gasteiger partial charge in [-0.25, -0.2) is 9.37 Å². The molecule has 6 heteroatoms. The van der Waals surface area contributed by atoms with Crippen LogP contribution < -0.4 is 5.32 Å². The molecule has 21 heavy (non-hydrogen) atoms. The molecule has 0 saturated heterocycles. The quantitative estimate of drug-likeness (QED) is 0.801. The minimum atomic E-state index is -0.313. The third-order valence-electron chi connectivity index (χ3n) is 3.33. The van der Waals surface area contributed by atoms with E-state index in [0.717, 1.165) is 30.8 Å². The number of nitrogens with one attached hydrogen (secondary N) is 1. The Morgan fingerprint density at radius 2 is 2.14 bits per heavy atom. The monoisotopic (exact) mass is 355 g/mol. The van der Waals surface area contributed by atoms with Gasteiger partial charge in [-0.2, -0.15) is 0 Å². The molecule has 0 atom stereocenters. The molecule has 0 fully saturated rings. The lowest BCUT2D eigenvalue weighted by atomic mass is 10.2. The predicted molar refractivity (Wildman–Crippen MR) is 87.1 cm³/mol. The Labute approximate surface area is 132 Å². The maximum Gasteiger partial charge on any atom is 0.139 e. The molecule has 0 aliphatic heterocycles. The van der Waals surface area contributed by atoms with Crippen LogP contribution in [0.4, 0.5) is 10.2 Å². The van der Waals surface area contributed by atoms with Gasteiger partial charge in [-0.15, -0.1) is 0 Å². The van der Waals surface area contributed by atoms with Crippen molar-refractivity contribution in [3.8, 4) is 0 Å². The van der Waals surface area contributed by atoms with E-state index in [-0.39, 0.29) is 12.4 Å². The van der Waals surface area contributed by atoms with Crippen molar-refractivity contribution in [2.24, 2.45) is 0 Å². The fraction of sp³-hybridized carbons (Fsp3) is 0.400. The Balaban J connectivity index is 2.01. The van der Waals surface area contributed by atoms with Gasteiger partial charge in [0.2, 0.25) is 0 Å². The van der Waals surface area contributed by atoms with E-state index in [9.17, 15) is 4.39 Å². The Hall–Kier alpha value is -1.24. The van der Waals surface area contributed by atoms with E-state index in [1.165, 1.54) is 6.07 Å². The molecule has 1 heterocycles. The SMILES string of the molecule is CCN(CCO)CCNc1ccc2cc(Br)c(F)cc2n1. The number of likely N-dealkylation sites (N-methyl/N-ethyl adjacent to an activating group) is 1. The van der Waals surface area contributed by atoms with Crippen molar-refractivity contribution in [3.05, 3.63) is 34.6 Å². The van der Waals surface area contributed by atoms with Gasteiger partial charge in [0.15, 0.2) is 0 Å². The van der Waals surface area contributed by atoms with E-state index in [1.54, 1.807) is 6.07 Å². The summed E-state index contributed by atoms with van der Waals surface area (Å²) in [6, 6.07) is 6.95. The zero-order chi connectivity index (χ0) is 15.2. The van der Waals surface area contributed by atoms with Crippen molar-refractivity contribution in [2.75, 3.05) is 38.1 Å². The molecular formula is C15H19BrFN3O. The number of hydrogen-bond donors (Lipinski definition) is 2. The van der Waals surface area contributed by atoms with Gasteiger partial charge < -0.3 is 10.4 Å². The topological polar surface area (TPSA) is 48.4 Å². The summed E-state index contributed by atoms with van der Waals surface area (Å²) in [6.45, 7) is 5.34. The van der Waals surface area contributed by atoms with Crippen molar-refractivity contribution in [1.29, 1.82) is 0 Å². The molecule has 0 amide bonds. The summed E-state index contributed by atoms with van der Waals surface area (Å²) in [4.78, 5) is 6.55. The van der Waals surface area contributed by atoms with E-state index in [1.807, 2.05) is 12.1 Å². The highest BCUT2D eigenvalue weighted by Crippen LogP contribution is 2.23. The number of rotatable bonds is 7.